The first-order chi connectivity index (χ1) is 20.9. The van der Waals surface area contributed by atoms with Gasteiger partial charge in [0, 0.05) is 70.0 Å². The van der Waals surface area contributed by atoms with Crippen LogP contribution in [-0.4, -0.2) is 73.1 Å². The maximum Gasteiger partial charge on any atom is 0.224 e. The number of hydrogen-bond acceptors (Lipinski definition) is 8. The van der Waals surface area contributed by atoms with Gasteiger partial charge < -0.3 is 39.6 Å². The molecule has 0 unspecified atom stereocenters. The van der Waals surface area contributed by atoms with Gasteiger partial charge in [0.05, 0.1) is 32.0 Å². The third-order valence-electron chi connectivity index (χ3n) is 8.43. The highest BCUT2D eigenvalue weighted by molar-refractivity contribution is 5.90. The van der Waals surface area contributed by atoms with Crippen molar-refractivity contribution in [2.75, 3.05) is 44.7 Å². The number of likely N-dealkylation sites (tertiary alicyclic amines) is 1. The van der Waals surface area contributed by atoms with Crippen LogP contribution in [0.4, 0.5) is 5.69 Å². The molecule has 3 aliphatic heterocycles. The minimum absolute atomic E-state index is 0.00549. The fourth-order valence-corrected chi connectivity index (χ4v) is 5.98. The standard InChI is InChI=1S/C33H45N3O7/c1-24(38)34-16-4-2-3-5-31(39)35-28-12-10-27(11-13-28)32-42-29(21-30(43-32)26-8-6-25(23-37)7-9-26)22-36-17-14-33(15-18-36)40-19-20-41-33/h6-13,29-30,32,37H,2-5,14-23H2,1H3,(H,34,38)(H,35,39)/t29-,30+,32+/m1/s1. The second kappa shape index (κ2) is 15.2. The van der Waals surface area contributed by atoms with Crippen molar-refractivity contribution in [2.45, 2.75) is 82.8 Å². The third-order valence-corrected chi connectivity index (χ3v) is 8.43. The molecule has 10 nitrogen and oxygen atoms in total. The van der Waals surface area contributed by atoms with Gasteiger partial charge in [-0.15, -0.1) is 0 Å². The topological polar surface area (TPSA) is 119 Å². The number of carbonyl (C=O) groups excluding carboxylic acids is 2. The molecule has 0 bridgehead atoms. The number of anilines is 1. The van der Waals surface area contributed by atoms with E-state index < -0.39 is 12.1 Å². The molecule has 3 N–H and O–H groups in total. The zero-order valence-corrected chi connectivity index (χ0v) is 25.1. The number of aliphatic hydroxyl groups is 1. The van der Waals surface area contributed by atoms with Gasteiger partial charge in [-0.1, -0.05) is 42.8 Å². The van der Waals surface area contributed by atoms with E-state index in [2.05, 4.69) is 15.5 Å². The van der Waals surface area contributed by atoms with E-state index in [-0.39, 0.29) is 30.6 Å². The van der Waals surface area contributed by atoms with Gasteiger partial charge in [0.25, 0.3) is 0 Å². The normalized spacial score (nSPS) is 23.7. The molecule has 2 amide bonds. The van der Waals surface area contributed by atoms with Gasteiger partial charge in [-0.25, -0.2) is 0 Å². The zero-order valence-electron chi connectivity index (χ0n) is 25.1. The summed E-state index contributed by atoms with van der Waals surface area (Å²) in [4.78, 5) is 25.8. The minimum atomic E-state index is -0.549. The SMILES string of the molecule is CC(=O)NCCCCCC(=O)Nc1ccc([C@H]2O[C@@H](CN3CCC4(CC3)OCCO4)C[C@@H](c3ccc(CO)cc3)O2)cc1. The first-order valence-corrected chi connectivity index (χ1v) is 15.6. The molecule has 3 fully saturated rings. The molecule has 0 radical (unpaired) electrons. The zero-order chi connectivity index (χ0) is 30.1. The largest absolute Gasteiger partial charge is 0.392 e. The highest BCUT2D eigenvalue weighted by Gasteiger charge is 2.41. The fourth-order valence-electron chi connectivity index (χ4n) is 5.98. The number of nitrogens with zero attached hydrogens (tertiary/aromatic N) is 1. The molecule has 5 rings (SSSR count). The summed E-state index contributed by atoms with van der Waals surface area (Å²) in [7, 11) is 0. The first-order valence-electron chi connectivity index (χ1n) is 15.6. The van der Waals surface area contributed by atoms with Crippen molar-refractivity contribution < 1.29 is 33.6 Å². The van der Waals surface area contributed by atoms with Crippen LogP contribution in [0.5, 0.6) is 0 Å². The molecule has 43 heavy (non-hydrogen) atoms. The smallest absolute Gasteiger partial charge is 0.224 e. The lowest BCUT2D eigenvalue weighted by atomic mass is 9.98. The lowest BCUT2D eigenvalue weighted by Crippen LogP contribution is -2.48. The average molecular weight is 596 g/mol. The van der Waals surface area contributed by atoms with Crippen molar-refractivity contribution in [1.82, 2.24) is 10.2 Å². The Kier molecular flexibility index (Phi) is 11.2. The molecule has 3 aliphatic rings. The van der Waals surface area contributed by atoms with Gasteiger partial charge in [-0.3, -0.25) is 9.59 Å². The molecule has 3 heterocycles. The van der Waals surface area contributed by atoms with Crippen molar-refractivity contribution in [3.8, 4) is 0 Å². The molecule has 0 aliphatic carbocycles. The van der Waals surface area contributed by atoms with E-state index in [0.717, 1.165) is 80.5 Å². The number of unbranched alkanes of at least 4 members (excludes halogenated alkanes) is 2. The van der Waals surface area contributed by atoms with Crippen LogP contribution in [0.15, 0.2) is 48.5 Å². The first kappa shape index (κ1) is 31.6. The van der Waals surface area contributed by atoms with Crippen LogP contribution in [0.1, 0.15) is 81.0 Å². The summed E-state index contributed by atoms with van der Waals surface area (Å²) in [5.74, 6) is -0.462. The van der Waals surface area contributed by atoms with Crippen molar-refractivity contribution in [2.24, 2.45) is 0 Å². The number of nitrogens with one attached hydrogen (secondary N) is 2. The van der Waals surface area contributed by atoms with E-state index >= 15 is 0 Å². The molecule has 3 atom stereocenters. The highest BCUT2D eigenvalue weighted by atomic mass is 16.7. The second-order valence-electron chi connectivity index (χ2n) is 11.7. The summed E-state index contributed by atoms with van der Waals surface area (Å²) in [5, 5.41) is 15.2. The van der Waals surface area contributed by atoms with Gasteiger partial charge in [0.1, 0.15) is 0 Å². The van der Waals surface area contributed by atoms with E-state index in [4.69, 9.17) is 18.9 Å². The van der Waals surface area contributed by atoms with E-state index in [9.17, 15) is 14.7 Å². The number of benzene rings is 2. The number of amides is 2. The van der Waals surface area contributed by atoms with Crippen LogP contribution in [0, 0.1) is 0 Å². The lowest BCUT2D eigenvalue weighted by Gasteiger charge is -2.41. The third kappa shape index (κ3) is 9.07. The fraction of sp³-hybridized carbons (Fsp3) is 0.576. The maximum atomic E-state index is 12.4. The number of aliphatic hydroxyl groups excluding tert-OH is 1. The maximum absolute atomic E-state index is 12.4. The van der Waals surface area contributed by atoms with Crippen LogP contribution in [0.3, 0.4) is 0 Å². The summed E-state index contributed by atoms with van der Waals surface area (Å²) in [6, 6.07) is 15.6. The van der Waals surface area contributed by atoms with Crippen LogP contribution in [0.2, 0.25) is 0 Å². The van der Waals surface area contributed by atoms with Crippen LogP contribution >= 0.6 is 0 Å². The Balaban J connectivity index is 1.18. The van der Waals surface area contributed by atoms with E-state index in [1.54, 1.807) is 0 Å². The predicted octanol–water partition coefficient (Wildman–Crippen LogP) is 4.20. The molecule has 234 valence electrons. The summed E-state index contributed by atoms with van der Waals surface area (Å²) >= 11 is 0. The average Bonchev–Trinajstić information content (AvgIpc) is 3.48. The molecule has 1 spiro atoms. The van der Waals surface area contributed by atoms with E-state index in [1.165, 1.54) is 6.92 Å². The van der Waals surface area contributed by atoms with E-state index in [1.807, 2.05) is 48.5 Å². The second-order valence-corrected chi connectivity index (χ2v) is 11.7. The Morgan fingerprint density at radius 1 is 0.930 bits per heavy atom. The summed E-state index contributed by atoms with van der Waals surface area (Å²) in [5.41, 5.74) is 3.55. The molecular weight excluding hydrogens is 550 g/mol. The quantitative estimate of drug-likeness (QED) is 0.313. The van der Waals surface area contributed by atoms with Crippen LogP contribution < -0.4 is 10.6 Å². The predicted molar refractivity (Wildman–Crippen MR) is 161 cm³/mol. The number of ether oxygens (including phenoxy) is 4. The van der Waals surface area contributed by atoms with Gasteiger partial charge in [-0.2, -0.15) is 0 Å². The number of carbonyl (C=O) groups is 2. The Morgan fingerprint density at radius 3 is 2.30 bits per heavy atom. The summed E-state index contributed by atoms with van der Waals surface area (Å²) in [6.07, 6.45) is 4.65. The van der Waals surface area contributed by atoms with Gasteiger partial charge in [0.2, 0.25) is 11.8 Å². The van der Waals surface area contributed by atoms with Gasteiger partial charge in [-0.05, 0) is 36.1 Å². The number of piperidine rings is 1. The molecule has 0 saturated carbocycles. The highest BCUT2D eigenvalue weighted by Crippen LogP contribution is 2.39. The van der Waals surface area contributed by atoms with Gasteiger partial charge in [0.15, 0.2) is 12.1 Å². The number of rotatable bonds is 12. The summed E-state index contributed by atoms with van der Waals surface area (Å²) in [6.45, 7) is 6.07. The van der Waals surface area contributed by atoms with Crippen LogP contribution in [0.25, 0.3) is 0 Å². The van der Waals surface area contributed by atoms with Crippen molar-refractivity contribution >= 4 is 17.5 Å². The summed E-state index contributed by atoms with van der Waals surface area (Å²) < 4.78 is 24.8. The molecular formula is C33H45N3O7. The Bertz CT molecular complexity index is 1170. The molecule has 2 aromatic carbocycles. The van der Waals surface area contributed by atoms with Crippen molar-refractivity contribution in [1.29, 1.82) is 0 Å². The van der Waals surface area contributed by atoms with Crippen LogP contribution in [-0.2, 0) is 35.1 Å². The minimum Gasteiger partial charge on any atom is -0.392 e. The Labute approximate surface area is 254 Å². The Hall–Kier alpha value is -2.86. The number of hydrogen-bond donors (Lipinski definition) is 3. The molecule has 10 heteroatoms. The molecule has 0 aromatic heterocycles. The molecule has 3 saturated heterocycles. The monoisotopic (exact) mass is 595 g/mol. The molecule has 2 aromatic rings. The van der Waals surface area contributed by atoms with Crippen molar-refractivity contribution in [3.05, 3.63) is 65.2 Å². The Morgan fingerprint density at radius 2 is 1.63 bits per heavy atom. The van der Waals surface area contributed by atoms with E-state index in [0.29, 0.717) is 26.2 Å². The van der Waals surface area contributed by atoms with Gasteiger partial charge >= 0.3 is 0 Å². The van der Waals surface area contributed by atoms with Crippen molar-refractivity contribution in [3.63, 3.8) is 0 Å². The lowest BCUT2D eigenvalue weighted by molar-refractivity contribution is -0.255.